The van der Waals surface area contributed by atoms with Crippen LogP contribution < -0.4 is 14.2 Å². The first-order chi connectivity index (χ1) is 21.7. The number of allylic oxidation sites excluding steroid dienone is 1. The molecule has 5 heteroatoms. The SMILES string of the molecule is Cc1cc(C)c(OC2=N/C(=C(/Oc3c(C)cccc3C)c3[nH]c(Oc4c(C)cc(C)cc4C)cc3C(C)C)C(C(C)C)=C2)c(C)c1. The molecule has 0 saturated heterocycles. The number of nitrogens with zero attached hydrogens (tertiary/aromatic N) is 1. The molecule has 240 valence electrons. The molecule has 0 saturated carbocycles. The molecule has 2 heterocycles. The maximum absolute atomic E-state index is 7.00. The predicted molar refractivity (Wildman–Crippen MR) is 191 cm³/mol. The van der Waals surface area contributed by atoms with Crippen LogP contribution in [0.4, 0.5) is 0 Å². The van der Waals surface area contributed by atoms with E-state index in [1.54, 1.807) is 0 Å². The maximum Gasteiger partial charge on any atom is 0.220 e. The number of H-pyrrole nitrogens is 1. The van der Waals surface area contributed by atoms with Gasteiger partial charge in [-0.3, -0.25) is 0 Å². The topological polar surface area (TPSA) is 55.8 Å². The number of aryl methyl sites for hydroxylation is 8. The number of aromatic nitrogens is 1. The number of para-hydroxylation sites is 1. The lowest BCUT2D eigenvalue weighted by molar-refractivity contribution is 0.456. The minimum Gasteiger partial charge on any atom is -0.452 e. The van der Waals surface area contributed by atoms with Gasteiger partial charge in [0.1, 0.15) is 22.9 Å². The molecule has 0 unspecified atom stereocenters. The second-order valence-electron chi connectivity index (χ2n) is 13.5. The largest absolute Gasteiger partial charge is 0.452 e. The monoisotopic (exact) mass is 616 g/mol. The summed E-state index contributed by atoms with van der Waals surface area (Å²) < 4.78 is 20.1. The summed E-state index contributed by atoms with van der Waals surface area (Å²) >= 11 is 0. The van der Waals surface area contributed by atoms with Crippen molar-refractivity contribution in [3.8, 4) is 23.1 Å². The Balaban J connectivity index is 1.71. The molecule has 5 nitrogen and oxygen atoms in total. The van der Waals surface area contributed by atoms with E-state index < -0.39 is 0 Å². The van der Waals surface area contributed by atoms with E-state index in [2.05, 4.69) is 143 Å². The van der Waals surface area contributed by atoms with Gasteiger partial charge in [-0.05, 0) is 112 Å². The predicted octanol–water partition coefficient (Wildman–Crippen LogP) is 11.2. The Morgan fingerprint density at radius 3 is 1.65 bits per heavy atom. The average molecular weight is 617 g/mol. The highest BCUT2D eigenvalue weighted by molar-refractivity contribution is 5.97. The van der Waals surface area contributed by atoms with Crippen molar-refractivity contribution in [3.05, 3.63) is 122 Å². The molecule has 1 aliphatic rings. The Kier molecular flexibility index (Phi) is 9.34. The number of hydrogen-bond donors (Lipinski definition) is 1. The second kappa shape index (κ2) is 13.1. The highest BCUT2D eigenvalue weighted by Gasteiger charge is 2.29. The maximum atomic E-state index is 7.00. The molecule has 1 aliphatic heterocycles. The van der Waals surface area contributed by atoms with Crippen LogP contribution in [0.3, 0.4) is 0 Å². The van der Waals surface area contributed by atoms with Crippen molar-refractivity contribution in [1.82, 2.24) is 4.98 Å². The normalized spacial score (nSPS) is 14.1. The summed E-state index contributed by atoms with van der Waals surface area (Å²) in [4.78, 5) is 8.77. The number of aliphatic imine (C=N–C) groups is 1. The summed E-state index contributed by atoms with van der Waals surface area (Å²) in [6.45, 7) is 25.4. The van der Waals surface area contributed by atoms with Crippen molar-refractivity contribution in [2.24, 2.45) is 10.9 Å². The lowest BCUT2D eigenvalue weighted by Gasteiger charge is -2.19. The fourth-order valence-electron chi connectivity index (χ4n) is 6.38. The van der Waals surface area contributed by atoms with Crippen molar-refractivity contribution in [1.29, 1.82) is 0 Å². The first-order valence-electron chi connectivity index (χ1n) is 16.3. The zero-order valence-electron chi connectivity index (χ0n) is 29.5. The van der Waals surface area contributed by atoms with Gasteiger partial charge >= 0.3 is 0 Å². The van der Waals surface area contributed by atoms with E-state index in [4.69, 9.17) is 19.2 Å². The summed E-state index contributed by atoms with van der Waals surface area (Å²) in [7, 11) is 0. The van der Waals surface area contributed by atoms with Crippen LogP contribution >= 0.6 is 0 Å². The quantitative estimate of drug-likeness (QED) is 0.200. The fraction of sp³-hybridized carbons (Fsp3) is 0.341. The molecule has 0 bridgehead atoms. The van der Waals surface area contributed by atoms with Gasteiger partial charge in [-0.15, -0.1) is 0 Å². The number of benzene rings is 3. The number of hydrogen-bond acceptors (Lipinski definition) is 4. The summed E-state index contributed by atoms with van der Waals surface area (Å²) in [5, 5.41) is 0. The van der Waals surface area contributed by atoms with E-state index in [1.165, 1.54) is 11.1 Å². The lowest BCUT2D eigenvalue weighted by Crippen LogP contribution is -2.07. The van der Waals surface area contributed by atoms with Crippen LogP contribution in [-0.4, -0.2) is 10.9 Å². The van der Waals surface area contributed by atoms with E-state index in [0.717, 1.165) is 73.2 Å². The van der Waals surface area contributed by atoms with Crippen molar-refractivity contribution >= 4 is 11.7 Å². The second-order valence-corrected chi connectivity index (χ2v) is 13.5. The van der Waals surface area contributed by atoms with Crippen LogP contribution in [-0.2, 0) is 0 Å². The molecule has 0 radical (unpaired) electrons. The van der Waals surface area contributed by atoms with Crippen LogP contribution in [0.15, 0.2) is 70.9 Å². The van der Waals surface area contributed by atoms with Gasteiger partial charge in [0.2, 0.25) is 5.90 Å². The van der Waals surface area contributed by atoms with Gasteiger partial charge in [-0.2, -0.15) is 0 Å². The summed E-state index contributed by atoms with van der Waals surface area (Å²) in [5.41, 5.74) is 12.6. The summed E-state index contributed by atoms with van der Waals surface area (Å²) in [6.07, 6.45) is 2.06. The third-order valence-corrected chi connectivity index (χ3v) is 8.52. The molecule has 1 aromatic heterocycles. The minimum absolute atomic E-state index is 0.169. The van der Waals surface area contributed by atoms with Gasteiger partial charge in [0.05, 0.1) is 5.69 Å². The summed E-state index contributed by atoms with van der Waals surface area (Å²) in [6, 6.07) is 16.9. The van der Waals surface area contributed by atoms with E-state index in [9.17, 15) is 0 Å². The van der Waals surface area contributed by atoms with Crippen molar-refractivity contribution in [3.63, 3.8) is 0 Å². The first-order valence-corrected chi connectivity index (χ1v) is 16.3. The lowest BCUT2D eigenvalue weighted by atomic mass is 9.97. The molecule has 0 atom stereocenters. The summed E-state index contributed by atoms with van der Waals surface area (Å²) in [5.74, 6) is 4.75. The van der Waals surface area contributed by atoms with Crippen molar-refractivity contribution < 1.29 is 14.2 Å². The van der Waals surface area contributed by atoms with Gasteiger partial charge < -0.3 is 19.2 Å². The van der Waals surface area contributed by atoms with E-state index in [0.29, 0.717) is 17.5 Å². The van der Waals surface area contributed by atoms with Crippen LogP contribution in [0.5, 0.6) is 23.1 Å². The fourth-order valence-corrected chi connectivity index (χ4v) is 6.38. The first kappa shape index (κ1) is 32.9. The van der Waals surface area contributed by atoms with E-state index in [1.807, 2.05) is 0 Å². The number of ether oxygens (including phenoxy) is 3. The Bertz CT molecular complexity index is 1830. The van der Waals surface area contributed by atoms with Gasteiger partial charge in [-0.1, -0.05) is 81.3 Å². The molecular weight excluding hydrogens is 568 g/mol. The Morgan fingerprint density at radius 2 is 1.15 bits per heavy atom. The molecule has 0 spiro atoms. The van der Waals surface area contributed by atoms with Crippen LogP contribution in [0.25, 0.3) is 5.76 Å². The molecule has 1 N–H and O–H groups in total. The highest BCUT2D eigenvalue weighted by atomic mass is 16.5. The van der Waals surface area contributed by atoms with Gasteiger partial charge in [-0.25, -0.2) is 4.99 Å². The zero-order chi connectivity index (χ0) is 33.4. The average Bonchev–Trinajstić information content (AvgIpc) is 3.57. The van der Waals surface area contributed by atoms with E-state index >= 15 is 0 Å². The molecule has 0 fully saturated rings. The molecule has 4 aromatic rings. The Morgan fingerprint density at radius 1 is 0.630 bits per heavy atom. The minimum atomic E-state index is 0.169. The van der Waals surface area contributed by atoms with Gasteiger partial charge in [0.15, 0.2) is 11.6 Å². The molecular formula is C41H48N2O3. The number of aromatic amines is 1. The zero-order valence-corrected chi connectivity index (χ0v) is 29.5. The number of nitrogens with one attached hydrogen (secondary N) is 1. The highest BCUT2D eigenvalue weighted by Crippen LogP contribution is 2.41. The van der Waals surface area contributed by atoms with Gasteiger partial charge in [0.25, 0.3) is 0 Å². The van der Waals surface area contributed by atoms with Crippen molar-refractivity contribution in [2.45, 2.75) is 89.0 Å². The van der Waals surface area contributed by atoms with Crippen LogP contribution in [0, 0.1) is 61.3 Å². The van der Waals surface area contributed by atoms with E-state index in [-0.39, 0.29) is 11.8 Å². The van der Waals surface area contributed by atoms with Crippen LogP contribution in [0.2, 0.25) is 0 Å². The third-order valence-electron chi connectivity index (χ3n) is 8.52. The Labute approximate surface area is 275 Å². The Hall–Kier alpha value is -4.51. The molecule has 5 rings (SSSR count). The number of rotatable bonds is 8. The third kappa shape index (κ3) is 6.69. The molecule has 0 amide bonds. The standard InChI is InChI=1S/C41H48N2O3/c1-22(2)32-20-34(44-39-28(9)16-24(5)17-29(39)10)42-36(32)41(46-38-26(7)14-13-15-27(38)8)37-33(23(3)4)21-35(43-37)45-40-30(11)18-25(6)19-31(40)12/h13-23,42H,1-12H3/b41-37+. The molecule has 46 heavy (non-hydrogen) atoms. The van der Waals surface area contributed by atoms with Gasteiger partial charge in [0, 0.05) is 12.1 Å². The molecule has 0 aliphatic carbocycles. The van der Waals surface area contributed by atoms with Crippen LogP contribution in [0.1, 0.15) is 89.4 Å². The molecule has 3 aromatic carbocycles. The van der Waals surface area contributed by atoms with Crippen molar-refractivity contribution in [2.75, 3.05) is 0 Å². The smallest absolute Gasteiger partial charge is 0.220 e.